The van der Waals surface area contributed by atoms with Crippen LogP contribution in [-0.2, 0) is 4.79 Å². The summed E-state index contributed by atoms with van der Waals surface area (Å²) in [4.78, 5) is 23.0. The van der Waals surface area contributed by atoms with Gasteiger partial charge in [0.2, 0.25) is 0 Å². The van der Waals surface area contributed by atoms with Gasteiger partial charge in [-0.15, -0.1) is 9.97 Å². The van der Waals surface area contributed by atoms with Gasteiger partial charge in [0, 0.05) is 13.0 Å². The van der Waals surface area contributed by atoms with Gasteiger partial charge in [-0.2, -0.15) is 0 Å². The number of guanidine groups is 1. The molecule has 0 atom stereocenters. The number of aromatic nitrogens is 2. The van der Waals surface area contributed by atoms with Crippen molar-refractivity contribution in [3.8, 4) is 0 Å². The highest BCUT2D eigenvalue weighted by molar-refractivity contribution is 6.00. The van der Waals surface area contributed by atoms with Crippen LogP contribution in [0.3, 0.4) is 0 Å². The zero-order valence-electron chi connectivity index (χ0n) is 13.2. The van der Waals surface area contributed by atoms with Gasteiger partial charge in [-0.05, 0) is 32.9 Å². The normalized spacial score (nSPS) is 11.2. The molecule has 0 aliphatic rings. The molecular weight excluding hydrogens is 278 g/mol. The van der Waals surface area contributed by atoms with Gasteiger partial charge < -0.3 is 0 Å². The quantitative estimate of drug-likeness (QED) is 0.564. The second-order valence-corrected chi connectivity index (χ2v) is 5.15. The minimum absolute atomic E-state index is 0.188. The highest BCUT2D eigenvalue weighted by Gasteiger charge is 2.10. The van der Waals surface area contributed by atoms with Crippen LogP contribution < -0.4 is 15.6 Å². The Morgan fingerprint density at radius 3 is 2.18 bits per heavy atom. The zero-order valence-corrected chi connectivity index (χ0v) is 13.2. The van der Waals surface area contributed by atoms with Gasteiger partial charge in [0.25, 0.3) is 11.9 Å². The number of rotatable bonds is 2. The molecule has 1 amide bonds. The van der Waals surface area contributed by atoms with Crippen LogP contribution in [0.5, 0.6) is 0 Å². The molecule has 0 unspecified atom stereocenters. The molecule has 2 rings (SSSR count). The summed E-state index contributed by atoms with van der Waals surface area (Å²) in [6.45, 7) is 7.25. The topological polar surface area (TPSA) is 80.9 Å². The van der Waals surface area contributed by atoms with E-state index in [2.05, 4.69) is 25.6 Å². The fourth-order valence-corrected chi connectivity index (χ4v) is 1.94. The number of carbonyl (C=O) groups excluding carboxylic acids is 1. The van der Waals surface area contributed by atoms with Crippen molar-refractivity contribution >= 4 is 23.5 Å². The Balaban J connectivity index is 2.30. The van der Waals surface area contributed by atoms with Crippen molar-refractivity contribution in [2.75, 3.05) is 5.32 Å². The third-order valence-electron chi connectivity index (χ3n) is 2.84. The summed E-state index contributed by atoms with van der Waals surface area (Å²) in [5, 5.41) is 5.82. The van der Waals surface area contributed by atoms with Crippen molar-refractivity contribution in [3.05, 3.63) is 47.3 Å². The molecule has 0 saturated heterocycles. The van der Waals surface area contributed by atoms with Gasteiger partial charge in [-0.25, -0.2) is 10.3 Å². The summed E-state index contributed by atoms with van der Waals surface area (Å²) in [5.74, 6) is 0.661. The number of anilines is 1. The molecule has 0 aliphatic carbocycles. The van der Waals surface area contributed by atoms with E-state index in [4.69, 9.17) is 0 Å². The first-order valence-corrected chi connectivity index (χ1v) is 7.00. The lowest BCUT2D eigenvalue weighted by atomic mass is 10.2. The predicted octanol–water partition coefficient (Wildman–Crippen LogP) is 0.718. The summed E-state index contributed by atoms with van der Waals surface area (Å²) >= 11 is 0. The molecule has 1 aromatic carbocycles. The highest BCUT2D eigenvalue weighted by Crippen LogP contribution is 2.07. The molecule has 0 bridgehead atoms. The number of carbonyl (C=O) groups is 1. The van der Waals surface area contributed by atoms with E-state index in [9.17, 15) is 4.79 Å². The second-order valence-electron chi connectivity index (χ2n) is 5.15. The van der Waals surface area contributed by atoms with Crippen molar-refractivity contribution in [3.63, 3.8) is 0 Å². The summed E-state index contributed by atoms with van der Waals surface area (Å²) in [5.41, 5.74) is 3.73. The van der Waals surface area contributed by atoms with Crippen LogP contribution in [0, 0.1) is 20.8 Å². The molecule has 0 radical (unpaired) electrons. The monoisotopic (exact) mass is 298 g/mol. The molecule has 0 saturated carbocycles. The maximum absolute atomic E-state index is 11.4. The molecule has 0 spiro atoms. The first-order valence-electron chi connectivity index (χ1n) is 7.00. The van der Waals surface area contributed by atoms with Gasteiger partial charge in [-0.3, -0.25) is 10.1 Å². The van der Waals surface area contributed by atoms with Crippen molar-refractivity contribution < 1.29 is 9.79 Å². The highest BCUT2D eigenvalue weighted by atomic mass is 16.1. The smallest absolute Gasteiger partial charge is 0.277 e. The maximum Gasteiger partial charge on any atom is 0.354 e. The minimum Gasteiger partial charge on any atom is -0.277 e. The largest absolute Gasteiger partial charge is 0.354 e. The Kier molecular flexibility index (Phi) is 4.83. The van der Waals surface area contributed by atoms with Crippen LogP contribution in [0.2, 0.25) is 0 Å². The van der Waals surface area contributed by atoms with E-state index >= 15 is 0 Å². The van der Waals surface area contributed by atoms with Crippen LogP contribution in [-0.4, -0.2) is 21.8 Å². The number of hydrogen-bond acceptors (Lipinski definition) is 3. The van der Waals surface area contributed by atoms with Crippen LogP contribution in [0.25, 0.3) is 0 Å². The van der Waals surface area contributed by atoms with Crippen molar-refractivity contribution in [2.45, 2.75) is 27.7 Å². The fraction of sp³-hybridized carbons (Fsp3) is 0.250. The van der Waals surface area contributed by atoms with Gasteiger partial charge in [-0.1, -0.05) is 17.7 Å². The average molecular weight is 298 g/mol. The second kappa shape index (κ2) is 6.80. The molecule has 114 valence electrons. The van der Waals surface area contributed by atoms with E-state index in [0.29, 0.717) is 11.9 Å². The molecule has 3 N–H and O–H groups in total. The molecule has 22 heavy (non-hydrogen) atoms. The lowest BCUT2D eigenvalue weighted by Crippen LogP contribution is -2.74. The van der Waals surface area contributed by atoms with E-state index in [-0.39, 0.29) is 5.91 Å². The zero-order chi connectivity index (χ0) is 16.1. The number of nitrogens with one attached hydrogen (secondary N) is 3. The Morgan fingerprint density at radius 1 is 1.05 bits per heavy atom. The standard InChI is InChI=1S/C16H19N5O/c1-10-5-7-14(8-6-10)20-16(19-13(4)22)21-15-17-11(2)9-12(3)18-15/h5-9H,1-4H3,(H2,17,18,19,20,21,22)/p+1. The van der Waals surface area contributed by atoms with Crippen molar-refractivity contribution in [1.82, 2.24) is 15.3 Å². The third-order valence-corrected chi connectivity index (χ3v) is 2.84. The number of hydrogen-bond donors (Lipinski definition) is 3. The minimum atomic E-state index is -0.188. The van der Waals surface area contributed by atoms with Gasteiger partial charge in [0.1, 0.15) is 0 Å². The Hall–Kier alpha value is -2.76. The van der Waals surface area contributed by atoms with E-state index in [1.165, 1.54) is 6.92 Å². The first-order chi connectivity index (χ1) is 10.4. The van der Waals surface area contributed by atoms with Crippen LogP contribution in [0.15, 0.2) is 30.3 Å². The molecule has 2 aromatic rings. The number of nitrogens with zero attached hydrogens (tertiary/aromatic N) is 2. The van der Waals surface area contributed by atoms with Gasteiger partial charge in [0.15, 0.2) is 0 Å². The molecule has 1 aromatic heterocycles. The predicted molar refractivity (Wildman–Crippen MR) is 85.8 cm³/mol. The van der Waals surface area contributed by atoms with Gasteiger partial charge >= 0.3 is 5.95 Å². The third kappa shape index (κ3) is 4.66. The molecule has 1 heterocycles. The van der Waals surface area contributed by atoms with Crippen LogP contribution in [0.4, 0.5) is 11.6 Å². The Labute approximate surface area is 129 Å². The Bertz CT molecular complexity index is 687. The molecule has 0 aliphatic heterocycles. The number of amides is 1. The molecule has 6 heteroatoms. The van der Waals surface area contributed by atoms with E-state index in [0.717, 1.165) is 22.6 Å². The lowest BCUT2D eigenvalue weighted by Gasteiger charge is -2.06. The van der Waals surface area contributed by atoms with E-state index in [1.807, 2.05) is 51.1 Å². The maximum atomic E-state index is 11.4. The van der Waals surface area contributed by atoms with E-state index < -0.39 is 0 Å². The molecule has 0 fully saturated rings. The number of aryl methyl sites for hydroxylation is 3. The number of benzene rings is 1. The summed E-state index contributed by atoms with van der Waals surface area (Å²) in [6.07, 6.45) is 0. The fourth-order valence-electron chi connectivity index (χ4n) is 1.94. The summed E-state index contributed by atoms with van der Waals surface area (Å²) < 4.78 is 0. The molecule has 6 nitrogen and oxygen atoms in total. The first kappa shape index (κ1) is 15.6. The molecular formula is C16H20N5O+. The SMILES string of the molecule is CC(=O)NC(Nc1ccc(C)cc1)=[NH+]c1nc(C)cc(C)n1. The van der Waals surface area contributed by atoms with Crippen molar-refractivity contribution in [1.29, 1.82) is 0 Å². The van der Waals surface area contributed by atoms with Gasteiger partial charge in [0.05, 0.1) is 17.1 Å². The summed E-state index contributed by atoms with van der Waals surface area (Å²) in [7, 11) is 0. The van der Waals surface area contributed by atoms with Crippen LogP contribution >= 0.6 is 0 Å². The lowest BCUT2D eigenvalue weighted by molar-refractivity contribution is -0.366. The Morgan fingerprint density at radius 2 is 1.64 bits per heavy atom. The summed E-state index contributed by atoms with van der Waals surface area (Å²) in [6, 6.07) is 9.72. The van der Waals surface area contributed by atoms with Crippen LogP contribution in [0.1, 0.15) is 23.9 Å². The van der Waals surface area contributed by atoms with E-state index in [1.54, 1.807) is 0 Å². The van der Waals surface area contributed by atoms with Crippen molar-refractivity contribution in [2.24, 2.45) is 0 Å². The average Bonchev–Trinajstić information content (AvgIpc) is 2.39.